The molecular formula is C11H15NO3. The molecule has 0 aromatic heterocycles. The minimum absolute atomic E-state index is 0.419. The summed E-state index contributed by atoms with van der Waals surface area (Å²) in [5.74, 6) is 0.456. The molecule has 0 amide bonds. The third-order valence-electron chi connectivity index (χ3n) is 1.87. The SMILES string of the molecule is CCOC(NC(O)C=O)=C1C=CC=CC1. The van der Waals surface area contributed by atoms with Crippen LogP contribution in [0, 0.1) is 0 Å². The zero-order chi connectivity index (χ0) is 11.1. The van der Waals surface area contributed by atoms with Crippen LogP contribution in [-0.2, 0) is 9.53 Å². The van der Waals surface area contributed by atoms with E-state index in [1.165, 1.54) is 0 Å². The van der Waals surface area contributed by atoms with Crippen molar-refractivity contribution in [3.63, 3.8) is 0 Å². The lowest BCUT2D eigenvalue weighted by Gasteiger charge is -2.16. The maximum absolute atomic E-state index is 10.3. The van der Waals surface area contributed by atoms with Crippen molar-refractivity contribution in [3.05, 3.63) is 35.8 Å². The number of allylic oxidation sites excluding steroid dienone is 5. The quantitative estimate of drug-likeness (QED) is 0.400. The van der Waals surface area contributed by atoms with E-state index in [0.717, 1.165) is 12.0 Å². The summed E-state index contributed by atoms with van der Waals surface area (Å²) in [6.45, 7) is 2.33. The molecule has 1 aliphatic rings. The molecule has 0 saturated carbocycles. The number of carbonyl (C=O) groups excluding carboxylic acids is 1. The standard InChI is InChI=1S/C11H15NO3/c1-2-15-11(12-10(14)8-13)9-6-4-3-5-7-9/h3-6,8,10,12,14H,2,7H2,1H3. The van der Waals surface area contributed by atoms with Gasteiger partial charge in [0.1, 0.15) is 0 Å². The number of aldehydes is 1. The second kappa shape index (κ2) is 6.03. The first kappa shape index (κ1) is 11.5. The van der Waals surface area contributed by atoms with Gasteiger partial charge in [0.05, 0.1) is 6.61 Å². The van der Waals surface area contributed by atoms with Crippen molar-refractivity contribution >= 4 is 6.29 Å². The van der Waals surface area contributed by atoms with E-state index >= 15 is 0 Å². The average molecular weight is 209 g/mol. The van der Waals surface area contributed by atoms with Crippen molar-refractivity contribution in [3.8, 4) is 0 Å². The Balaban J connectivity index is 2.75. The maximum Gasteiger partial charge on any atom is 0.192 e. The lowest BCUT2D eigenvalue weighted by Crippen LogP contribution is -2.31. The number of hydrogen-bond acceptors (Lipinski definition) is 4. The molecule has 82 valence electrons. The van der Waals surface area contributed by atoms with Gasteiger partial charge in [0.2, 0.25) is 0 Å². The topological polar surface area (TPSA) is 58.6 Å². The molecule has 1 unspecified atom stereocenters. The first-order valence-electron chi connectivity index (χ1n) is 4.87. The van der Waals surface area contributed by atoms with E-state index < -0.39 is 6.23 Å². The highest BCUT2D eigenvalue weighted by atomic mass is 16.5. The number of ether oxygens (including phenoxy) is 1. The molecule has 1 rings (SSSR count). The molecule has 0 bridgehead atoms. The Kier molecular flexibility index (Phi) is 4.63. The molecule has 4 nitrogen and oxygen atoms in total. The van der Waals surface area contributed by atoms with Gasteiger partial charge >= 0.3 is 0 Å². The van der Waals surface area contributed by atoms with Crippen molar-refractivity contribution in [1.82, 2.24) is 5.32 Å². The lowest BCUT2D eigenvalue weighted by molar-refractivity contribution is -0.116. The molecule has 0 aromatic rings. The summed E-state index contributed by atoms with van der Waals surface area (Å²) in [5, 5.41) is 11.7. The molecular weight excluding hydrogens is 194 g/mol. The van der Waals surface area contributed by atoms with Gasteiger partial charge in [0.25, 0.3) is 0 Å². The predicted octanol–water partition coefficient (Wildman–Crippen LogP) is 0.858. The van der Waals surface area contributed by atoms with E-state index in [1.54, 1.807) is 0 Å². The Morgan fingerprint density at radius 2 is 2.53 bits per heavy atom. The molecule has 0 aliphatic heterocycles. The molecule has 0 radical (unpaired) electrons. The van der Waals surface area contributed by atoms with Crippen LogP contribution >= 0.6 is 0 Å². The maximum atomic E-state index is 10.3. The number of hydrogen-bond donors (Lipinski definition) is 2. The Bertz CT molecular complexity index is 305. The second-order valence-corrected chi connectivity index (χ2v) is 3.00. The fourth-order valence-corrected chi connectivity index (χ4v) is 1.22. The Morgan fingerprint density at radius 3 is 3.07 bits per heavy atom. The molecule has 0 spiro atoms. The highest BCUT2D eigenvalue weighted by Gasteiger charge is 2.09. The van der Waals surface area contributed by atoms with Crippen molar-refractivity contribution in [2.45, 2.75) is 19.6 Å². The van der Waals surface area contributed by atoms with Crippen LogP contribution in [0.4, 0.5) is 0 Å². The fourth-order valence-electron chi connectivity index (χ4n) is 1.22. The van der Waals surface area contributed by atoms with Gasteiger partial charge in [-0.3, -0.25) is 4.79 Å². The number of carbonyl (C=O) groups is 1. The van der Waals surface area contributed by atoms with Crippen LogP contribution in [0.25, 0.3) is 0 Å². The van der Waals surface area contributed by atoms with Crippen LogP contribution in [0.5, 0.6) is 0 Å². The van der Waals surface area contributed by atoms with Gasteiger partial charge in [0.15, 0.2) is 18.4 Å². The monoisotopic (exact) mass is 209 g/mol. The molecule has 0 fully saturated rings. The molecule has 1 atom stereocenters. The molecule has 15 heavy (non-hydrogen) atoms. The smallest absolute Gasteiger partial charge is 0.192 e. The Morgan fingerprint density at radius 1 is 1.73 bits per heavy atom. The van der Waals surface area contributed by atoms with E-state index in [9.17, 15) is 4.79 Å². The third kappa shape index (κ3) is 3.59. The summed E-state index contributed by atoms with van der Waals surface area (Å²) in [6, 6.07) is 0. The molecule has 4 heteroatoms. The van der Waals surface area contributed by atoms with Gasteiger partial charge in [-0.1, -0.05) is 24.3 Å². The normalized spacial score (nSPS) is 19.6. The second-order valence-electron chi connectivity index (χ2n) is 3.00. The number of aliphatic hydroxyl groups excluding tert-OH is 1. The summed E-state index contributed by atoms with van der Waals surface area (Å²) in [5.41, 5.74) is 0.917. The van der Waals surface area contributed by atoms with E-state index in [-0.39, 0.29) is 0 Å². The summed E-state index contributed by atoms with van der Waals surface area (Å²) >= 11 is 0. The zero-order valence-electron chi connectivity index (χ0n) is 8.64. The van der Waals surface area contributed by atoms with Crippen molar-refractivity contribution in [2.24, 2.45) is 0 Å². The molecule has 2 N–H and O–H groups in total. The lowest BCUT2D eigenvalue weighted by atomic mass is 10.1. The van der Waals surface area contributed by atoms with Gasteiger partial charge in [-0.25, -0.2) is 0 Å². The van der Waals surface area contributed by atoms with E-state index in [0.29, 0.717) is 18.8 Å². The highest BCUT2D eigenvalue weighted by molar-refractivity contribution is 5.55. The van der Waals surface area contributed by atoms with Gasteiger partial charge in [0, 0.05) is 5.57 Å². The molecule has 0 saturated heterocycles. The first-order chi connectivity index (χ1) is 7.27. The van der Waals surface area contributed by atoms with E-state index in [4.69, 9.17) is 9.84 Å². The van der Waals surface area contributed by atoms with Gasteiger partial charge < -0.3 is 15.2 Å². The Labute approximate surface area is 88.9 Å². The van der Waals surface area contributed by atoms with Gasteiger partial charge in [-0.2, -0.15) is 0 Å². The third-order valence-corrected chi connectivity index (χ3v) is 1.87. The van der Waals surface area contributed by atoms with Crippen LogP contribution < -0.4 is 5.32 Å². The summed E-state index contributed by atoms with van der Waals surface area (Å²) in [7, 11) is 0. The Hall–Kier alpha value is -1.55. The van der Waals surface area contributed by atoms with Crippen molar-refractivity contribution in [1.29, 1.82) is 0 Å². The van der Waals surface area contributed by atoms with E-state index in [1.807, 2.05) is 31.2 Å². The van der Waals surface area contributed by atoms with Crippen LogP contribution in [0.1, 0.15) is 13.3 Å². The zero-order valence-corrected chi connectivity index (χ0v) is 8.64. The molecule has 0 aromatic carbocycles. The molecule has 1 aliphatic carbocycles. The number of aliphatic hydroxyl groups is 1. The summed E-state index contributed by atoms with van der Waals surface area (Å²) in [4.78, 5) is 10.3. The van der Waals surface area contributed by atoms with Crippen LogP contribution in [0.3, 0.4) is 0 Å². The van der Waals surface area contributed by atoms with Crippen LogP contribution in [0.2, 0.25) is 0 Å². The highest BCUT2D eigenvalue weighted by Crippen LogP contribution is 2.14. The van der Waals surface area contributed by atoms with Crippen molar-refractivity contribution < 1.29 is 14.6 Å². The molecule has 0 heterocycles. The average Bonchev–Trinajstić information content (AvgIpc) is 2.29. The summed E-state index contributed by atoms with van der Waals surface area (Å²) in [6.07, 6.45) is 7.60. The van der Waals surface area contributed by atoms with E-state index in [2.05, 4.69) is 5.32 Å². The van der Waals surface area contributed by atoms with Crippen molar-refractivity contribution in [2.75, 3.05) is 6.61 Å². The largest absolute Gasteiger partial charge is 0.479 e. The van der Waals surface area contributed by atoms with Gasteiger partial charge in [-0.05, 0) is 13.3 Å². The fraction of sp³-hybridized carbons (Fsp3) is 0.364. The van der Waals surface area contributed by atoms with Gasteiger partial charge in [-0.15, -0.1) is 0 Å². The first-order valence-corrected chi connectivity index (χ1v) is 4.87. The minimum Gasteiger partial charge on any atom is -0.479 e. The van der Waals surface area contributed by atoms with Crippen LogP contribution in [0.15, 0.2) is 35.8 Å². The minimum atomic E-state index is -1.22. The number of nitrogens with one attached hydrogen (secondary N) is 1. The van der Waals surface area contributed by atoms with Crippen LogP contribution in [-0.4, -0.2) is 24.2 Å². The number of rotatable bonds is 5. The summed E-state index contributed by atoms with van der Waals surface area (Å²) < 4.78 is 5.32. The predicted molar refractivity (Wildman–Crippen MR) is 56.8 cm³/mol.